The average molecular weight is 138 g/mol. The first-order chi connectivity index (χ1) is 3.91. The van der Waals surface area contributed by atoms with Gasteiger partial charge in [0.15, 0.2) is 0 Å². The summed E-state index contributed by atoms with van der Waals surface area (Å²) in [6.45, 7) is 2.17. The van der Waals surface area contributed by atoms with E-state index in [1.54, 1.807) is 0 Å². The molecule has 0 unspecified atom stereocenters. The third-order valence-corrected chi connectivity index (χ3v) is 1.18. The Morgan fingerprint density at radius 3 is 2.33 bits per heavy atom. The second kappa shape index (κ2) is 11.5. The summed E-state index contributed by atoms with van der Waals surface area (Å²) in [5.41, 5.74) is 0. The molecule has 0 aromatic rings. The van der Waals surface area contributed by atoms with E-state index in [0.29, 0.717) is 0 Å². The molecule has 0 rings (SSSR count). The molecule has 0 aliphatic carbocycles. The molecule has 0 aromatic carbocycles. The zero-order valence-electron chi connectivity index (χ0n) is 5.52. The van der Waals surface area contributed by atoms with Crippen molar-refractivity contribution < 1.29 is 4.79 Å². The van der Waals surface area contributed by atoms with Crippen LogP contribution in [-0.2, 0) is 4.79 Å². The molecule has 0 aliphatic heterocycles. The average Bonchev–Trinajstić information content (AvgIpc) is 1.81. The van der Waals surface area contributed by atoms with Crippen molar-refractivity contribution in [3.05, 3.63) is 0 Å². The predicted molar refractivity (Wildman–Crippen MR) is 42.0 cm³/mol. The Balaban J connectivity index is 0. The molecule has 0 fully saturated rings. The van der Waals surface area contributed by atoms with E-state index >= 15 is 0 Å². The quantitative estimate of drug-likeness (QED) is 0.320. The second-order valence-corrected chi connectivity index (χ2v) is 2.02. The van der Waals surface area contributed by atoms with Gasteiger partial charge in [0, 0.05) is 6.42 Å². The molecule has 0 radical (unpaired) electrons. The molecule has 0 heterocycles. The molecule has 0 atom stereocenters. The van der Waals surface area contributed by atoms with Crippen LogP contribution in [0.15, 0.2) is 0 Å². The van der Waals surface area contributed by atoms with Crippen molar-refractivity contribution in [1.29, 1.82) is 0 Å². The molecule has 0 amide bonds. The molecule has 0 N–H and O–H groups in total. The number of carbonyl (C=O) groups excluding carboxylic acids is 1. The van der Waals surface area contributed by atoms with Crippen molar-refractivity contribution in [2.45, 2.75) is 39.0 Å². The van der Waals surface area contributed by atoms with Crippen LogP contribution in [0.2, 0.25) is 0 Å². The standard InChI is InChI=1S/C7H14O.Na.H/c1-2-3-4-5-6-7-8;;/h7H,2-6H2,1H3;;. The molecule has 9 heavy (non-hydrogen) atoms. The molecule has 0 spiro atoms. The zero-order chi connectivity index (χ0) is 6.24. The first kappa shape index (κ1) is 12.4. The van der Waals surface area contributed by atoms with Gasteiger partial charge in [0.2, 0.25) is 0 Å². The van der Waals surface area contributed by atoms with Crippen LogP contribution in [0, 0.1) is 0 Å². The molecular formula is C7H15NaO. The van der Waals surface area contributed by atoms with Gasteiger partial charge in [-0.1, -0.05) is 26.2 Å². The number of carbonyl (C=O) groups is 1. The Morgan fingerprint density at radius 1 is 1.22 bits per heavy atom. The van der Waals surface area contributed by atoms with Crippen LogP contribution in [0.3, 0.4) is 0 Å². The summed E-state index contributed by atoms with van der Waals surface area (Å²) in [6, 6.07) is 0. The molecule has 0 aromatic heterocycles. The zero-order valence-corrected chi connectivity index (χ0v) is 5.52. The minimum absolute atomic E-state index is 0. The number of unbranched alkanes of at least 4 members (excludes halogenated alkanes) is 4. The third-order valence-electron chi connectivity index (χ3n) is 1.18. The Labute approximate surface area is 79.5 Å². The molecule has 2 heteroatoms. The molecule has 0 bridgehead atoms. The van der Waals surface area contributed by atoms with E-state index in [1.165, 1.54) is 19.3 Å². The van der Waals surface area contributed by atoms with Gasteiger partial charge < -0.3 is 4.79 Å². The molecule has 0 aliphatic rings. The van der Waals surface area contributed by atoms with Gasteiger partial charge in [0.1, 0.15) is 6.29 Å². The van der Waals surface area contributed by atoms with Crippen LogP contribution in [0.1, 0.15) is 39.0 Å². The molecule has 0 saturated carbocycles. The van der Waals surface area contributed by atoms with Crippen LogP contribution in [0.4, 0.5) is 0 Å². The van der Waals surface area contributed by atoms with E-state index in [2.05, 4.69) is 6.92 Å². The molecule has 50 valence electrons. The molecular weight excluding hydrogens is 123 g/mol. The summed E-state index contributed by atoms with van der Waals surface area (Å²) in [5, 5.41) is 0. The Bertz CT molecular complexity index is 54.9. The van der Waals surface area contributed by atoms with Crippen LogP contribution < -0.4 is 0 Å². The van der Waals surface area contributed by atoms with Gasteiger partial charge in [-0.05, 0) is 6.42 Å². The summed E-state index contributed by atoms with van der Waals surface area (Å²) < 4.78 is 0. The van der Waals surface area contributed by atoms with E-state index < -0.39 is 0 Å². The maximum atomic E-state index is 9.77. The summed E-state index contributed by atoms with van der Waals surface area (Å²) >= 11 is 0. The van der Waals surface area contributed by atoms with Crippen molar-refractivity contribution in [3.63, 3.8) is 0 Å². The first-order valence-corrected chi connectivity index (χ1v) is 3.35. The minimum atomic E-state index is 0. The van der Waals surface area contributed by atoms with E-state index in [1.807, 2.05) is 0 Å². The fourth-order valence-electron chi connectivity index (χ4n) is 0.654. The van der Waals surface area contributed by atoms with Gasteiger partial charge >= 0.3 is 29.6 Å². The monoisotopic (exact) mass is 138 g/mol. The summed E-state index contributed by atoms with van der Waals surface area (Å²) in [5.74, 6) is 0. The second-order valence-electron chi connectivity index (χ2n) is 2.02. The van der Waals surface area contributed by atoms with Gasteiger partial charge in [-0.25, -0.2) is 0 Å². The van der Waals surface area contributed by atoms with E-state index in [0.717, 1.165) is 19.1 Å². The number of aldehydes is 1. The summed E-state index contributed by atoms with van der Waals surface area (Å²) in [7, 11) is 0. The van der Waals surface area contributed by atoms with Crippen molar-refractivity contribution in [1.82, 2.24) is 0 Å². The Kier molecular flexibility index (Phi) is 15.7. The van der Waals surface area contributed by atoms with Gasteiger partial charge in [-0.2, -0.15) is 0 Å². The number of hydrogen-bond donors (Lipinski definition) is 0. The molecule has 0 saturated heterocycles. The fourth-order valence-corrected chi connectivity index (χ4v) is 0.654. The summed E-state index contributed by atoms with van der Waals surface area (Å²) in [6.07, 6.45) is 6.56. The number of hydrogen-bond acceptors (Lipinski definition) is 1. The van der Waals surface area contributed by atoms with Crippen molar-refractivity contribution in [2.75, 3.05) is 0 Å². The van der Waals surface area contributed by atoms with Crippen molar-refractivity contribution in [3.8, 4) is 0 Å². The van der Waals surface area contributed by atoms with Gasteiger partial charge in [0.25, 0.3) is 0 Å². The maximum absolute atomic E-state index is 9.77. The SMILES string of the molecule is CCCCCCC=O.[NaH]. The Hall–Kier alpha value is 0.670. The predicted octanol–water partition coefficient (Wildman–Crippen LogP) is 1.51. The Morgan fingerprint density at radius 2 is 1.89 bits per heavy atom. The summed E-state index contributed by atoms with van der Waals surface area (Å²) in [4.78, 5) is 9.77. The van der Waals surface area contributed by atoms with Crippen molar-refractivity contribution >= 4 is 35.8 Å². The van der Waals surface area contributed by atoms with Crippen LogP contribution in [0.25, 0.3) is 0 Å². The first-order valence-electron chi connectivity index (χ1n) is 3.35. The van der Waals surface area contributed by atoms with E-state index in [4.69, 9.17) is 0 Å². The molecule has 1 nitrogen and oxygen atoms in total. The fraction of sp³-hybridized carbons (Fsp3) is 0.857. The topological polar surface area (TPSA) is 17.1 Å². The normalized spacial score (nSPS) is 8.11. The van der Waals surface area contributed by atoms with Crippen LogP contribution in [0.5, 0.6) is 0 Å². The van der Waals surface area contributed by atoms with Crippen LogP contribution in [-0.4, -0.2) is 35.8 Å². The number of rotatable bonds is 5. The van der Waals surface area contributed by atoms with Crippen molar-refractivity contribution in [2.24, 2.45) is 0 Å². The van der Waals surface area contributed by atoms with Gasteiger partial charge in [0.05, 0.1) is 0 Å². The van der Waals surface area contributed by atoms with E-state index in [9.17, 15) is 4.79 Å². The van der Waals surface area contributed by atoms with Crippen LogP contribution >= 0.6 is 0 Å². The van der Waals surface area contributed by atoms with Gasteiger partial charge in [-0.3, -0.25) is 0 Å². The third kappa shape index (κ3) is 12.0. The van der Waals surface area contributed by atoms with E-state index in [-0.39, 0.29) is 29.6 Å². The van der Waals surface area contributed by atoms with Gasteiger partial charge in [-0.15, -0.1) is 0 Å².